The molecule has 1 saturated carbocycles. The number of aryl methyl sites for hydroxylation is 1. The van der Waals surface area contributed by atoms with Crippen molar-refractivity contribution in [1.82, 2.24) is 4.98 Å². The van der Waals surface area contributed by atoms with Crippen molar-refractivity contribution in [2.45, 2.75) is 49.2 Å². The maximum atomic E-state index is 9.09. The molecule has 1 aromatic rings. The molecule has 0 unspecified atom stereocenters. The van der Waals surface area contributed by atoms with Gasteiger partial charge in [0.15, 0.2) is 5.69 Å². The molecule has 1 aliphatic rings. The maximum absolute atomic E-state index is 9.09. The second-order valence-corrected chi connectivity index (χ2v) is 5.48. The van der Waals surface area contributed by atoms with Crippen LogP contribution in [0.25, 0.3) is 0 Å². The lowest BCUT2D eigenvalue weighted by Crippen LogP contribution is -1.98. The fourth-order valence-electron chi connectivity index (χ4n) is 2.04. The van der Waals surface area contributed by atoms with E-state index in [9.17, 15) is 0 Å². The third-order valence-corrected chi connectivity index (χ3v) is 4.37. The fraction of sp³-hybridized carbons (Fsp3) is 0.538. The predicted molar refractivity (Wildman–Crippen MR) is 66.4 cm³/mol. The number of nitriles is 1. The molecule has 0 aliphatic heterocycles. The van der Waals surface area contributed by atoms with Gasteiger partial charge in [-0.1, -0.05) is 19.8 Å². The third kappa shape index (κ3) is 2.56. The highest BCUT2D eigenvalue weighted by Crippen LogP contribution is 2.35. The van der Waals surface area contributed by atoms with E-state index in [2.05, 4.69) is 24.0 Å². The molecular weight excluding hydrogens is 216 g/mol. The topological polar surface area (TPSA) is 36.7 Å². The van der Waals surface area contributed by atoms with Gasteiger partial charge in [-0.3, -0.25) is 0 Å². The van der Waals surface area contributed by atoms with Crippen molar-refractivity contribution in [3.8, 4) is 6.07 Å². The van der Waals surface area contributed by atoms with Gasteiger partial charge in [0, 0.05) is 15.8 Å². The van der Waals surface area contributed by atoms with E-state index in [-0.39, 0.29) is 0 Å². The van der Waals surface area contributed by atoms with Gasteiger partial charge >= 0.3 is 0 Å². The van der Waals surface area contributed by atoms with Crippen LogP contribution in [0.4, 0.5) is 0 Å². The second-order valence-electron chi connectivity index (χ2n) is 4.14. The molecule has 0 N–H and O–H groups in total. The lowest BCUT2D eigenvalue weighted by Gasteiger charge is -2.10. The van der Waals surface area contributed by atoms with E-state index in [4.69, 9.17) is 5.26 Å². The molecule has 84 valence electrons. The van der Waals surface area contributed by atoms with Gasteiger partial charge in [0.05, 0.1) is 0 Å². The summed E-state index contributed by atoms with van der Waals surface area (Å²) >= 11 is 1.84. The number of hydrogen-bond acceptors (Lipinski definition) is 3. The standard InChI is InChI=1S/C13H16N2S/c1-2-10-7-8-13(12(9-14)15-10)16-11-5-3-4-6-11/h7-8,11H,2-6H2,1H3. The number of nitrogens with zero attached hydrogens (tertiary/aromatic N) is 2. The summed E-state index contributed by atoms with van der Waals surface area (Å²) in [6.45, 7) is 2.06. The summed E-state index contributed by atoms with van der Waals surface area (Å²) in [5, 5.41) is 9.78. The SMILES string of the molecule is CCc1ccc(SC2CCCC2)c(C#N)n1. The predicted octanol–water partition coefficient (Wildman–Crippen LogP) is 3.55. The summed E-state index contributed by atoms with van der Waals surface area (Å²) in [5.41, 5.74) is 1.61. The van der Waals surface area contributed by atoms with E-state index < -0.39 is 0 Å². The Hall–Kier alpha value is -1.01. The molecule has 1 aliphatic carbocycles. The Balaban J connectivity index is 2.16. The minimum atomic E-state index is 0.608. The van der Waals surface area contributed by atoms with Gasteiger partial charge in [-0.15, -0.1) is 11.8 Å². The Morgan fingerprint density at radius 2 is 2.19 bits per heavy atom. The zero-order valence-electron chi connectivity index (χ0n) is 9.57. The first-order valence-corrected chi connectivity index (χ1v) is 6.78. The first-order chi connectivity index (χ1) is 7.83. The van der Waals surface area contributed by atoms with Crippen LogP contribution < -0.4 is 0 Å². The summed E-state index contributed by atoms with van der Waals surface area (Å²) in [6.07, 6.45) is 6.12. The molecule has 0 spiro atoms. The van der Waals surface area contributed by atoms with Gasteiger partial charge < -0.3 is 0 Å². The quantitative estimate of drug-likeness (QED) is 0.799. The number of thioether (sulfide) groups is 1. The van der Waals surface area contributed by atoms with Crippen LogP contribution in [0, 0.1) is 11.3 Å². The first-order valence-electron chi connectivity index (χ1n) is 5.90. The van der Waals surface area contributed by atoms with Crippen LogP contribution in [0.5, 0.6) is 0 Å². The largest absolute Gasteiger partial charge is 0.241 e. The van der Waals surface area contributed by atoms with Crippen molar-refractivity contribution in [3.05, 3.63) is 23.5 Å². The smallest absolute Gasteiger partial charge is 0.154 e. The zero-order chi connectivity index (χ0) is 11.4. The van der Waals surface area contributed by atoms with Crippen LogP contribution in [0.3, 0.4) is 0 Å². The highest BCUT2D eigenvalue weighted by molar-refractivity contribution is 8.00. The average Bonchev–Trinajstić information content (AvgIpc) is 2.82. The van der Waals surface area contributed by atoms with Crippen LogP contribution in [-0.4, -0.2) is 10.2 Å². The summed E-state index contributed by atoms with van der Waals surface area (Å²) in [7, 11) is 0. The van der Waals surface area contributed by atoms with Crippen LogP contribution >= 0.6 is 11.8 Å². The van der Waals surface area contributed by atoms with E-state index in [0.717, 1.165) is 17.0 Å². The van der Waals surface area contributed by atoms with Gasteiger partial charge in [-0.25, -0.2) is 4.98 Å². The van der Waals surface area contributed by atoms with Gasteiger partial charge in [-0.2, -0.15) is 5.26 Å². The Bertz CT molecular complexity index is 403. The van der Waals surface area contributed by atoms with Crippen molar-refractivity contribution in [2.75, 3.05) is 0 Å². The number of hydrogen-bond donors (Lipinski definition) is 0. The van der Waals surface area contributed by atoms with Crippen molar-refractivity contribution in [1.29, 1.82) is 5.26 Å². The third-order valence-electron chi connectivity index (χ3n) is 2.98. The molecule has 1 fully saturated rings. The molecule has 1 heterocycles. The van der Waals surface area contributed by atoms with Gasteiger partial charge in [0.2, 0.25) is 0 Å². The Morgan fingerprint density at radius 3 is 2.81 bits per heavy atom. The monoisotopic (exact) mass is 232 g/mol. The molecule has 0 bridgehead atoms. The summed E-state index contributed by atoms with van der Waals surface area (Å²) < 4.78 is 0. The molecule has 16 heavy (non-hydrogen) atoms. The van der Waals surface area contributed by atoms with Gasteiger partial charge in [0.1, 0.15) is 6.07 Å². The molecule has 3 heteroatoms. The molecule has 1 aromatic heterocycles. The highest BCUT2D eigenvalue weighted by Gasteiger charge is 2.18. The molecule has 0 amide bonds. The van der Waals surface area contributed by atoms with Crippen molar-refractivity contribution in [2.24, 2.45) is 0 Å². The van der Waals surface area contributed by atoms with Crippen LogP contribution in [0.2, 0.25) is 0 Å². The van der Waals surface area contributed by atoms with E-state index in [1.165, 1.54) is 25.7 Å². The summed E-state index contributed by atoms with van der Waals surface area (Å²) in [5.74, 6) is 0. The number of pyridine rings is 1. The number of aromatic nitrogens is 1. The fourth-order valence-corrected chi connectivity index (χ4v) is 3.32. The molecule has 2 nitrogen and oxygen atoms in total. The van der Waals surface area contributed by atoms with E-state index in [1.54, 1.807) is 0 Å². The minimum absolute atomic E-state index is 0.608. The molecule has 2 rings (SSSR count). The molecule has 0 saturated heterocycles. The van der Waals surface area contributed by atoms with Crippen molar-refractivity contribution in [3.63, 3.8) is 0 Å². The molecule has 0 radical (unpaired) electrons. The maximum Gasteiger partial charge on any atom is 0.154 e. The van der Waals surface area contributed by atoms with E-state index in [0.29, 0.717) is 10.9 Å². The van der Waals surface area contributed by atoms with Gasteiger partial charge in [0.25, 0.3) is 0 Å². The minimum Gasteiger partial charge on any atom is -0.241 e. The lowest BCUT2D eigenvalue weighted by molar-refractivity contribution is 0.886. The molecular formula is C13H16N2S. The van der Waals surface area contributed by atoms with Crippen LogP contribution in [-0.2, 0) is 6.42 Å². The van der Waals surface area contributed by atoms with Crippen LogP contribution in [0.15, 0.2) is 17.0 Å². The van der Waals surface area contributed by atoms with E-state index >= 15 is 0 Å². The van der Waals surface area contributed by atoms with Crippen molar-refractivity contribution < 1.29 is 0 Å². The van der Waals surface area contributed by atoms with Crippen LogP contribution in [0.1, 0.15) is 44.0 Å². The zero-order valence-corrected chi connectivity index (χ0v) is 10.4. The molecule has 0 atom stereocenters. The summed E-state index contributed by atoms with van der Waals surface area (Å²) in [6, 6.07) is 6.31. The Morgan fingerprint density at radius 1 is 1.44 bits per heavy atom. The second kappa shape index (κ2) is 5.36. The number of rotatable bonds is 3. The van der Waals surface area contributed by atoms with E-state index in [1.807, 2.05) is 17.8 Å². The Kier molecular flexibility index (Phi) is 3.84. The summed E-state index contributed by atoms with van der Waals surface area (Å²) in [4.78, 5) is 5.43. The first kappa shape index (κ1) is 11.5. The Labute approximate surface area is 101 Å². The van der Waals surface area contributed by atoms with Gasteiger partial charge in [-0.05, 0) is 31.4 Å². The van der Waals surface area contributed by atoms with Crippen molar-refractivity contribution >= 4 is 11.8 Å². The highest BCUT2D eigenvalue weighted by atomic mass is 32.2. The normalized spacial score (nSPS) is 16.2. The molecule has 0 aromatic carbocycles. The lowest BCUT2D eigenvalue weighted by atomic mass is 10.2. The average molecular weight is 232 g/mol.